The Kier molecular flexibility index (Phi) is 7.15. The van der Waals surface area contributed by atoms with Crippen LogP contribution in [-0.2, 0) is 19.1 Å². The summed E-state index contributed by atoms with van der Waals surface area (Å²) < 4.78 is 18.9. The van der Waals surface area contributed by atoms with Crippen LogP contribution < -0.4 is 10.6 Å². The average molecular weight is 425 g/mol. The van der Waals surface area contributed by atoms with Gasteiger partial charge in [-0.2, -0.15) is 0 Å². The number of halogens is 1. The van der Waals surface area contributed by atoms with Gasteiger partial charge in [-0.1, -0.05) is 18.2 Å². The van der Waals surface area contributed by atoms with Crippen molar-refractivity contribution < 1.29 is 23.5 Å². The van der Waals surface area contributed by atoms with E-state index in [4.69, 9.17) is 4.74 Å². The molecule has 3 rings (SSSR count). The average Bonchev–Trinajstić information content (AvgIpc) is 2.95. The quantitative estimate of drug-likeness (QED) is 0.475. The smallest absolute Gasteiger partial charge is 0.278 e. The third-order valence-electron chi connectivity index (χ3n) is 4.63. The fourth-order valence-corrected chi connectivity index (χ4v) is 3.27. The number of nitrogens with zero attached hydrogens (tertiary/aromatic N) is 1. The molecular formula is C23H24FN3O4. The van der Waals surface area contributed by atoms with Crippen molar-refractivity contribution in [1.29, 1.82) is 0 Å². The standard InChI is InChI=1S/C23H24FN3O4/c1-3-31-13-5-12-27-22(29)20(16-8-10-18(11-9-16)25-15(2)28)21(23(27)30)26-19-7-4-6-17(24)14-19/h4,6-11,14,26H,3,5,12-13H2,1-2H3,(H,25,28). The van der Waals surface area contributed by atoms with E-state index >= 15 is 0 Å². The third kappa shape index (κ3) is 5.35. The van der Waals surface area contributed by atoms with Crippen molar-refractivity contribution in [1.82, 2.24) is 4.90 Å². The zero-order chi connectivity index (χ0) is 22.4. The summed E-state index contributed by atoms with van der Waals surface area (Å²) in [7, 11) is 0. The van der Waals surface area contributed by atoms with E-state index in [0.717, 1.165) is 4.90 Å². The summed E-state index contributed by atoms with van der Waals surface area (Å²) in [5.41, 5.74) is 1.72. The molecule has 31 heavy (non-hydrogen) atoms. The first-order valence-electron chi connectivity index (χ1n) is 9.99. The maximum Gasteiger partial charge on any atom is 0.278 e. The Bertz CT molecular complexity index is 1020. The Labute approximate surface area is 179 Å². The Balaban J connectivity index is 1.93. The molecule has 2 aromatic carbocycles. The van der Waals surface area contributed by atoms with Gasteiger partial charge in [0.25, 0.3) is 11.8 Å². The van der Waals surface area contributed by atoms with Crippen LogP contribution in [0.15, 0.2) is 54.2 Å². The first kappa shape index (κ1) is 22.2. The lowest BCUT2D eigenvalue weighted by atomic mass is 10.0. The number of benzene rings is 2. The van der Waals surface area contributed by atoms with Crippen molar-refractivity contribution in [3.05, 3.63) is 65.6 Å². The molecule has 1 heterocycles. The zero-order valence-corrected chi connectivity index (χ0v) is 17.4. The number of carbonyl (C=O) groups excluding carboxylic acids is 3. The predicted octanol–water partition coefficient (Wildman–Crippen LogP) is 3.40. The van der Waals surface area contributed by atoms with Gasteiger partial charge in [0, 0.05) is 38.1 Å². The second-order valence-electron chi connectivity index (χ2n) is 6.96. The normalized spacial score (nSPS) is 13.7. The summed E-state index contributed by atoms with van der Waals surface area (Å²) in [6.45, 7) is 4.47. The monoisotopic (exact) mass is 425 g/mol. The van der Waals surface area contributed by atoms with Crippen LogP contribution in [0.25, 0.3) is 5.57 Å². The molecule has 0 aromatic heterocycles. The summed E-state index contributed by atoms with van der Waals surface area (Å²) in [4.78, 5) is 38.6. The lowest BCUT2D eigenvalue weighted by Crippen LogP contribution is -2.34. The number of hydrogen-bond donors (Lipinski definition) is 2. The molecule has 8 heteroatoms. The molecule has 0 spiro atoms. The molecule has 1 aliphatic rings. The lowest BCUT2D eigenvalue weighted by Gasteiger charge is -2.15. The first-order chi connectivity index (χ1) is 14.9. The van der Waals surface area contributed by atoms with Crippen molar-refractivity contribution in [2.45, 2.75) is 20.3 Å². The van der Waals surface area contributed by atoms with Crippen LogP contribution in [0.5, 0.6) is 0 Å². The van der Waals surface area contributed by atoms with Gasteiger partial charge in [0.1, 0.15) is 11.5 Å². The Hall–Kier alpha value is -3.52. The number of nitrogens with one attached hydrogen (secondary N) is 2. The second kappa shape index (κ2) is 9.99. The first-order valence-corrected chi connectivity index (χ1v) is 9.99. The Morgan fingerprint density at radius 2 is 1.81 bits per heavy atom. The van der Waals surface area contributed by atoms with Crippen molar-refractivity contribution in [3.63, 3.8) is 0 Å². The van der Waals surface area contributed by atoms with Gasteiger partial charge in [-0.05, 0) is 49.2 Å². The van der Waals surface area contributed by atoms with Gasteiger partial charge in [-0.25, -0.2) is 4.39 Å². The number of rotatable bonds is 9. The van der Waals surface area contributed by atoms with Crippen molar-refractivity contribution in [2.24, 2.45) is 0 Å². The summed E-state index contributed by atoms with van der Waals surface area (Å²) in [6, 6.07) is 12.3. The highest BCUT2D eigenvalue weighted by molar-refractivity contribution is 6.36. The van der Waals surface area contributed by atoms with Gasteiger partial charge in [-0.15, -0.1) is 0 Å². The minimum absolute atomic E-state index is 0.0827. The molecular weight excluding hydrogens is 401 g/mol. The minimum atomic E-state index is -0.480. The van der Waals surface area contributed by atoms with Crippen LogP contribution in [0.4, 0.5) is 15.8 Å². The van der Waals surface area contributed by atoms with Gasteiger partial charge in [-0.3, -0.25) is 19.3 Å². The van der Waals surface area contributed by atoms with Crippen LogP contribution >= 0.6 is 0 Å². The molecule has 3 amide bonds. The van der Waals surface area contributed by atoms with E-state index in [1.807, 2.05) is 6.92 Å². The maximum atomic E-state index is 13.6. The highest BCUT2D eigenvalue weighted by atomic mass is 19.1. The van der Waals surface area contributed by atoms with Gasteiger partial charge in [0.2, 0.25) is 5.91 Å². The summed E-state index contributed by atoms with van der Waals surface area (Å²) in [5, 5.41) is 5.58. The van der Waals surface area contributed by atoms with Crippen LogP contribution in [-0.4, -0.2) is 42.4 Å². The molecule has 0 bridgehead atoms. The van der Waals surface area contributed by atoms with Crippen molar-refractivity contribution in [3.8, 4) is 0 Å². The van der Waals surface area contributed by atoms with Crippen molar-refractivity contribution in [2.75, 3.05) is 30.4 Å². The molecule has 7 nitrogen and oxygen atoms in total. The molecule has 0 radical (unpaired) electrons. The molecule has 1 aliphatic heterocycles. The van der Waals surface area contributed by atoms with Crippen LogP contribution in [0, 0.1) is 5.82 Å². The molecule has 0 fully saturated rings. The highest BCUT2D eigenvalue weighted by Gasteiger charge is 2.38. The van der Waals surface area contributed by atoms with Crippen LogP contribution in [0.2, 0.25) is 0 Å². The lowest BCUT2D eigenvalue weighted by molar-refractivity contribution is -0.137. The largest absolute Gasteiger partial charge is 0.382 e. The SMILES string of the molecule is CCOCCCN1C(=O)C(Nc2cccc(F)c2)=C(c2ccc(NC(C)=O)cc2)C1=O. The van der Waals surface area contributed by atoms with E-state index in [0.29, 0.717) is 36.6 Å². The molecule has 162 valence electrons. The van der Waals surface area contributed by atoms with Gasteiger partial charge < -0.3 is 15.4 Å². The van der Waals surface area contributed by atoms with E-state index in [-0.39, 0.29) is 23.7 Å². The molecule has 2 aromatic rings. The fourth-order valence-electron chi connectivity index (χ4n) is 3.27. The summed E-state index contributed by atoms with van der Waals surface area (Å²) in [6.07, 6.45) is 0.507. The van der Waals surface area contributed by atoms with E-state index in [1.165, 1.54) is 25.1 Å². The minimum Gasteiger partial charge on any atom is -0.382 e. The van der Waals surface area contributed by atoms with E-state index in [2.05, 4.69) is 10.6 Å². The molecule has 0 unspecified atom stereocenters. The van der Waals surface area contributed by atoms with E-state index in [9.17, 15) is 18.8 Å². The third-order valence-corrected chi connectivity index (χ3v) is 4.63. The van der Waals surface area contributed by atoms with Gasteiger partial charge in [0.05, 0.1) is 5.57 Å². The highest BCUT2D eigenvalue weighted by Crippen LogP contribution is 2.31. The number of imide groups is 1. The molecule has 0 aliphatic carbocycles. The number of anilines is 2. The molecule has 0 saturated carbocycles. The Morgan fingerprint density at radius 3 is 2.45 bits per heavy atom. The fraction of sp³-hybridized carbons (Fsp3) is 0.261. The topological polar surface area (TPSA) is 87.7 Å². The Morgan fingerprint density at radius 1 is 1.06 bits per heavy atom. The maximum absolute atomic E-state index is 13.6. The zero-order valence-electron chi connectivity index (χ0n) is 17.4. The molecule has 0 saturated heterocycles. The van der Waals surface area contributed by atoms with E-state index in [1.54, 1.807) is 30.3 Å². The summed E-state index contributed by atoms with van der Waals surface area (Å²) in [5.74, 6) is -1.59. The van der Waals surface area contributed by atoms with Gasteiger partial charge >= 0.3 is 0 Å². The predicted molar refractivity (Wildman–Crippen MR) is 116 cm³/mol. The summed E-state index contributed by atoms with van der Waals surface area (Å²) >= 11 is 0. The number of carbonyl (C=O) groups is 3. The number of ether oxygens (including phenoxy) is 1. The van der Waals surface area contributed by atoms with Crippen LogP contribution in [0.1, 0.15) is 25.8 Å². The number of amides is 3. The second-order valence-corrected chi connectivity index (χ2v) is 6.96. The van der Waals surface area contributed by atoms with Crippen molar-refractivity contribution >= 4 is 34.7 Å². The van der Waals surface area contributed by atoms with Gasteiger partial charge in [0.15, 0.2) is 0 Å². The van der Waals surface area contributed by atoms with E-state index < -0.39 is 17.6 Å². The molecule has 0 atom stereocenters. The van der Waals surface area contributed by atoms with Crippen LogP contribution in [0.3, 0.4) is 0 Å². The number of hydrogen-bond acceptors (Lipinski definition) is 5. The molecule has 2 N–H and O–H groups in total.